The maximum atomic E-state index is 14.8. The standard InChI is InChI=1S/C33H41N5O3S/c1-6-35-33(41)38-28(23-11-13-24(14-12-23)36(4)5)26(30(39)25-10-8-7-9-21(25)2)27(31-22(3)15-20-42-31)29(38)32(40)37-18-16-34-17-19-37/h7-15,20,26-29,34H,6,16-19H2,1-5H3,(H,35,41). The molecule has 2 saturated heterocycles. The number of hydrogen-bond acceptors (Lipinski definition) is 6. The van der Waals surface area contributed by atoms with Gasteiger partial charge in [0.1, 0.15) is 6.04 Å². The number of Topliss-reactive ketones (excluding diaryl/α,β-unsaturated/α-hetero) is 1. The Morgan fingerprint density at radius 3 is 2.26 bits per heavy atom. The molecule has 0 saturated carbocycles. The summed E-state index contributed by atoms with van der Waals surface area (Å²) in [5.41, 5.74) is 4.40. The summed E-state index contributed by atoms with van der Waals surface area (Å²) in [4.78, 5) is 50.1. The van der Waals surface area contributed by atoms with Gasteiger partial charge in [-0.3, -0.25) is 9.59 Å². The maximum Gasteiger partial charge on any atom is 0.318 e. The first kappa shape index (κ1) is 29.8. The zero-order valence-corrected chi connectivity index (χ0v) is 25.9. The third-order valence-corrected chi connectivity index (χ3v) is 9.70. The van der Waals surface area contributed by atoms with Crippen molar-refractivity contribution in [3.05, 3.63) is 87.1 Å². The van der Waals surface area contributed by atoms with Crippen LogP contribution in [0.25, 0.3) is 0 Å². The largest absolute Gasteiger partial charge is 0.378 e. The minimum absolute atomic E-state index is 0.0440. The van der Waals surface area contributed by atoms with Crippen molar-refractivity contribution in [2.24, 2.45) is 5.92 Å². The van der Waals surface area contributed by atoms with Gasteiger partial charge in [-0.1, -0.05) is 36.4 Å². The van der Waals surface area contributed by atoms with Gasteiger partial charge >= 0.3 is 6.03 Å². The Bertz CT molecular complexity index is 1430. The average molecular weight is 588 g/mol. The lowest BCUT2D eigenvalue weighted by molar-refractivity contribution is -0.136. The second-order valence-electron chi connectivity index (χ2n) is 11.4. The van der Waals surface area contributed by atoms with E-state index >= 15 is 0 Å². The summed E-state index contributed by atoms with van der Waals surface area (Å²) < 4.78 is 0. The van der Waals surface area contributed by atoms with Gasteiger partial charge in [0.2, 0.25) is 5.91 Å². The second kappa shape index (κ2) is 12.7. The fourth-order valence-corrected chi connectivity index (χ4v) is 7.56. The molecule has 8 nitrogen and oxygen atoms in total. The van der Waals surface area contributed by atoms with Crippen LogP contribution in [0.5, 0.6) is 0 Å². The van der Waals surface area contributed by atoms with Gasteiger partial charge in [-0.15, -0.1) is 11.3 Å². The summed E-state index contributed by atoms with van der Waals surface area (Å²) in [7, 11) is 3.96. The normalized spacial score (nSPS) is 22.2. The highest BCUT2D eigenvalue weighted by molar-refractivity contribution is 7.10. The van der Waals surface area contributed by atoms with Gasteiger partial charge in [0.05, 0.1) is 12.0 Å². The maximum absolute atomic E-state index is 14.8. The summed E-state index contributed by atoms with van der Waals surface area (Å²) in [5, 5.41) is 8.32. The van der Waals surface area contributed by atoms with Crippen molar-refractivity contribution < 1.29 is 14.4 Å². The zero-order valence-electron chi connectivity index (χ0n) is 25.1. The third kappa shape index (κ3) is 5.55. The number of aryl methyl sites for hydroxylation is 2. The number of ketones is 1. The molecule has 4 unspecified atom stereocenters. The lowest BCUT2D eigenvalue weighted by atomic mass is 9.77. The van der Waals surface area contributed by atoms with E-state index in [2.05, 4.69) is 10.6 Å². The SMILES string of the molecule is CCNC(=O)N1C(C(=O)N2CCNCC2)C(c2sccc2C)C(C(=O)c2ccccc2C)C1c1ccc(N(C)C)cc1. The smallest absolute Gasteiger partial charge is 0.318 e. The number of rotatable bonds is 7. The van der Waals surface area contributed by atoms with Crippen LogP contribution in [0.4, 0.5) is 10.5 Å². The molecular weight excluding hydrogens is 546 g/mol. The highest BCUT2D eigenvalue weighted by Gasteiger charge is 2.58. The quantitative estimate of drug-likeness (QED) is 0.395. The third-order valence-electron chi connectivity index (χ3n) is 8.58. The number of nitrogens with one attached hydrogen (secondary N) is 2. The molecule has 3 amide bonds. The molecule has 2 aliphatic heterocycles. The van der Waals surface area contributed by atoms with E-state index in [0.717, 1.165) is 27.3 Å². The molecule has 2 fully saturated rings. The van der Waals surface area contributed by atoms with Crippen molar-refractivity contribution in [1.82, 2.24) is 20.4 Å². The second-order valence-corrected chi connectivity index (χ2v) is 12.3. The predicted octanol–water partition coefficient (Wildman–Crippen LogP) is 4.60. The van der Waals surface area contributed by atoms with Crippen molar-refractivity contribution >= 4 is 34.7 Å². The van der Waals surface area contributed by atoms with Crippen LogP contribution in [0.15, 0.2) is 60.0 Å². The molecule has 4 atom stereocenters. The van der Waals surface area contributed by atoms with Crippen LogP contribution in [0.2, 0.25) is 0 Å². The molecule has 0 bridgehead atoms. The van der Waals surface area contributed by atoms with E-state index in [9.17, 15) is 14.4 Å². The monoisotopic (exact) mass is 587 g/mol. The number of carbonyl (C=O) groups excluding carboxylic acids is 3. The molecule has 3 heterocycles. The Morgan fingerprint density at radius 2 is 1.67 bits per heavy atom. The van der Waals surface area contributed by atoms with Crippen molar-refractivity contribution in [2.75, 3.05) is 51.7 Å². The van der Waals surface area contributed by atoms with Gasteiger partial charge in [0.25, 0.3) is 0 Å². The van der Waals surface area contributed by atoms with Crippen LogP contribution in [-0.2, 0) is 4.79 Å². The fourth-order valence-electron chi connectivity index (χ4n) is 6.46. The number of urea groups is 1. The molecule has 3 aromatic rings. The molecule has 0 aliphatic carbocycles. The van der Waals surface area contributed by atoms with E-state index in [-0.39, 0.29) is 17.7 Å². The van der Waals surface area contributed by atoms with E-state index in [4.69, 9.17) is 0 Å². The first-order chi connectivity index (χ1) is 20.2. The van der Waals surface area contributed by atoms with Crippen molar-refractivity contribution in [1.29, 1.82) is 0 Å². The Balaban J connectivity index is 1.76. The van der Waals surface area contributed by atoms with E-state index in [1.807, 2.05) is 105 Å². The lowest BCUT2D eigenvalue weighted by Crippen LogP contribution is -2.56. The number of thiophene rings is 1. The number of nitrogens with zero attached hydrogens (tertiary/aromatic N) is 3. The number of benzene rings is 2. The van der Waals surface area contributed by atoms with Crippen molar-refractivity contribution in [2.45, 2.75) is 38.8 Å². The minimum Gasteiger partial charge on any atom is -0.378 e. The molecule has 9 heteroatoms. The highest BCUT2D eigenvalue weighted by atomic mass is 32.1. The first-order valence-electron chi connectivity index (χ1n) is 14.7. The Labute approximate surface area is 252 Å². The van der Waals surface area contributed by atoms with Crippen LogP contribution < -0.4 is 15.5 Å². The van der Waals surface area contributed by atoms with Crippen molar-refractivity contribution in [3.63, 3.8) is 0 Å². The van der Waals surface area contributed by atoms with Gasteiger partial charge in [-0.2, -0.15) is 0 Å². The topological polar surface area (TPSA) is 85.0 Å². The van der Waals surface area contributed by atoms with Crippen LogP contribution >= 0.6 is 11.3 Å². The van der Waals surface area contributed by atoms with Gasteiger partial charge in [-0.25, -0.2) is 4.79 Å². The summed E-state index contributed by atoms with van der Waals surface area (Å²) in [6, 6.07) is 15.9. The number of likely N-dealkylation sites (tertiary alicyclic amines) is 1. The van der Waals surface area contributed by atoms with Gasteiger partial charge in [-0.05, 0) is 61.0 Å². The number of hydrogen-bond donors (Lipinski definition) is 2. The summed E-state index contributed by atoms with van der Waals surface area (Å²) >= 11 is 1.57. The summed E-state index contributed by atoms with van der Waals surface area (Å²) in [5.74, 6) is -1.30. The molecule has 0 radical (unpaired) electrons. The molecular formula is C33H41N5O3S. The Hall–Kier alpha value is -3.69. The molecule has 5 rings (SSSR count). The van der Waals surface area contributed by atoms with Crippen LogP contribution in [-0.4, -0.2) is 80.4 Å². The Morgan fingerprint density at radius 1 is 0.976 bits per heavy atom. The minimum atomic E-state index is -0.830. The lowest BCUT2D eigenvalue weighted by Gasteiger charge is -2.36. The highest BCUT2D eigenvalue weighted by Crippen LogP contribution is 2.53. The molecule has 222 valence electrons. The first-order valence-corrected chi connectivity index (χ1v) is 15.6. The van der Waals surface area contributed by atoms with Gasteiger partial charge < -0.3 is 25.3 Å². The molecule has 2 N–H and O–H groups in total. The number of piperazine rings is 1. The fraction of sp³-hybridized carbons (Fsp3) is 0.424. The summed E-state index contributed by atoms with van der Waals surface area (Å²) in [6.45, 7) is 8.78. The molecule has 2 aromatic carbocycles. The number of carbonyl (C=O) groups is 3. The number of amides is 3. The zero-order chi connectivity index (χ0) is 30.0. The molecule has 42 heavy (non-hydrogen) atoms. The molecule has 2 aliphatic rings. The van der Waals surface area contributed by atoms with Crippen molar-refractivity contribution in [3.8, 4) is 0 Å². The van der Waals surface area contributed by atoms with E-state index in [0.29, 0.717) is 38.3 Å². The van der Waals surface area contributed by atoms with Crippen LogP contribution in [0.3, 0.4) is 0 Å². The van der Waals surface area contributed by atoms with E-state index in [1.165, 1.54) is 0 Å². The van der Waals surface area contributed by atoms with Crippen LogP contribution in [0, 0.1) is 19.8 Å². The molecule has 0 spiro atoms. The predicted molar refractivity (Wildman–Crippen MR) is 168 cm³/mol. The van der Waals surface area contributed by atoms with E-state index in [1.54, 1.807) is 16.2 Å². The molecule has 1 aromatic heterocycles. The van der Waals surface area contributed by atoms with Gasteiger partial charge in [0.15, 0.2) is 5.78 Å². The average Bonchev–Trinajstić information content (AvgIpc) is 3.58. The van der Waals surface area contributed by atoms with E-state index < -0.39 is 23.9 Å². The number of anilines is 1. The Kier molecular flexibility index (Phi) is 8.99. The summed E-state index contributed by atoms with van der Waals surface area (Å²) in [6.07, 6.45) is 0. The van der Waals surface area contributed by atoms with Gasteiger partial charge in [0, 0.05) is 68.9 Å². The van der Waals surface area contributed by atoms with Crippen LogP contribution in [0.1, 0.15) is 50.8 Å².